The monoisotopic (exact) mass is 508 g/mol. The Bertz CT molecular complexity index is 1450. The number of aliphatic hydroxyl groups excluding tert-OH is 1. The lowest BCUT2D eigenvalue weighted by atomic mass is 10.1. The molecule has 37 heavy (non-hydrogen) atoms. The standard InChI is InChI=1S/C25H23F3N8O/c1-14(15-3-4-21(30-10-15)36-7-5-17(37)6-8-36)34-24-33-13-20(29-2)22(35-24)19-12-32-23-18(19)9-16(11-31-23)25(26,27)28/h3-4,9-14,17,37H,5-8H2,1H3,(H,31,32)(H,33,34,35). The van der Waals surface area contributed by atoms with Gasteiger partial charge in [0.25, 0.3) is 0 Å². The highest BCUT2D eigenvalue weighted by molar-refractivity contribution is 5.96. The Balaban J connectivity index is 1.40. The average Bonchev–Trinajstić information content (AvgIpc) is 3.32. The molecule has 0 radical (unpaired) electrons. The summed E-state index contributed by atoms with van der Waals surface area (Å²) in [6.45, 7) is 10.9. The third kappa shape index (κ3) is 5.03. The van der Waals surface area contributed by atoms with Crippen molar-refractivity contribution in [2.75, 3.05) is 23.3 Å². The summed E-state index contributed by atoms with van der Waals surface area (Å²) >= 11 is 0. The molecule has 0 bridgehead atoms. The number of nitrogens with zero attached hydrogens (tertiary/aromatic N) is 6. The lowest BCUT2D eigenvalue weighted by Crippen LogP contribution is -2.36. The highest BCUT2D eigenvalue weighted by Gasteiger charge is 2.31. The second-order valence-corrected chi connectivity index (χ2v) is 8.89. The molecule has 0 spiro atoms. The summed E-state index contributed by atoms with van der Waals surface area (Å²) in [4.78, 5) is 25.6. The fraction of sp³-hybridized carbons (Fsp3) is 0.320. The summed E-state index contributed by atoms with van der Waals surface area (Å²) < 4.78 is 39.8. The molecule has 5 heterocycles. The van der Waals surface area contributed by atoms with Crippen molar-refractivity contribution in [3.05, 3.63) is 65.5 Å². The number of pyridine rings is 2. The van der Waals surface area contributed by atoms with Crippen LogP contribution >= 0.6 is 0 Å². The van der Waals surface area contributed by atoms with E-state index in [-0.39, 0.29) is 40.5 Å². The van der Waals surface area contributed by atoms with E-state index in [4.69, 9.17) is 6.57 Å². The molecule has 1 fully saturated rings. The van der Waals surface area contributed by atoms with Gasteiger partial charge in [0.1, 0.15) is 11.5 Å². The van der Waals surface area contributed by atoms with Crippen molar-refractivity contribution < 1.29 is 18.3 Å². The van der Waals surface area contributed by atoms with Gasteiger partial charge in [-0.05, 0) is 37.5 Å². The van der Waals surface area contributed by atoms with Gasteiger partial charge in [0.2, 0.25) is 11.6 Å². The molecule has 1 atom stereocenters. The maximum Gasteiger partial charge on any atom is 0.417 e. The van der Waals surface area contributed by atoms with E-state index in [2.05, 4.69) is 40.0 Å². The Morgan fingerprint density at radius 3 is 2.62 bits per heavy atom. The van der Waals surface area contributed by atoms with Gasteiger partial charge >= 0.3 is 6.18 Å². The van der Waals surface area contributed by atoms with Gasteiger partial charge in [-0.2, -0.15) is 13.2 Å². The third-order valence-corrected chi connectivity index (χ3v) is 6.41. The van der Waals surface area contributed by atoms with Crippen LogP contribution < -0.4 is 10.2 Å². The molecule has 5 rings (SSSR count). The van der Waals surface area contributed by atoms with Crippen LogP contribution in [-0.2, 0) is 6.18 Å². The number of anilines is 2. The molecule has 1 aliphatic rings. The van der Waals surface area contributed by atoms with E-state index in [0.717, 1.165) is 36.7 Å². The third-order valence-electron chi connectivity index (χ3n) is 6.41. The minimum Gasteiger partial charge on any atom is -0.393 e. The second-order valence-electron chi connectivity index (χ2n) is 8.89. The summed E-state index contributed by atoms with van der Waals surface area (Å²) in [6.07, 6.45) is 1.98. The molecule has 1 saturated heterocycles. The van der Waals surface area contributed by atoms with Crippen LogP contribution in [0.25, 0.3) is 27.1 Å². The van der Waals surface area contributed by atoms with Crippen LogP contribution in [-0.4, -0.2) is 49.2 Å². The minimum absolute atomic E-state index is 0.106. The molecule has 1 unspecified atom stereocenters. The van der Waals surface area contributed by atoms with Crippen LogP contribution in [0.2, 0.25) is 0 Å². The number of fused-ring (bicyclic) bond motifs is 1. The molecule has 12 heteroatoms. The first-order valence-corrected chi connectivity index (χ1v) is 11.7. The Labute approximate surface area is 210 Å². The quantitative estimate of drug-likeness (QED) is 0.321. The molecule has 0 aliphatic carbocycles. The van der Waals surface area contributed by atoms with Crippen molar-refractivity contribution in [2.24, 2.45) is 0 Å². The molecule has 9 nitrogen and oxygen atoms in total. The number of H-pyrrole nitrogens is 1. The molecule has 190 valence electrons. The van der Waals surface area contributed by atoms with Gasteiger partial charge < -0.3 is 20.3 Å². The topological polar surface area (TPSA) is 107 Å². The molecular weight excluding hydrogens is 485 g/mol. The molecule has 0 saturated carbocycles. The highest BCUT2D eigenvalue weighted by atomic mass is 19.4. The van der Waals surface area contributed by atoms with Gasteiger partial charge in [0.05, 0.1) is 30.0 Å². The summed E-state index contributed by atoms with van der Waals surface area (Å²) in [7, 11) is 0. The van der Waals surface area contributed by atoms with Gasteiger partial charge in [0, 0.05) is 48.8 Å². The van der Waals surface area contributed by atoms with Crippen LogP contribution in [0.4, 0.5) is 30.6 Å². The summed E-state index contributed by atoms with van der Waals surface area (Å²) in [5, 5.41) is 13.1. The number of alkyl halides is 3. The Hall–Kier alpha value is -4.24. The van der Waals surface area contributed by atoms with Gasteiger partial charge in [0.15, 0.2) is 0 Å². The Morgan fingerprint density at radius 2 is 1.95 bits per heavy atom. The lowest BCUT2D eigenvalue weighted by Gasteiger charge is -2.30. The largest absolute Gasteiger partial charge is 0.417 e. The smallest absolute Gasteiger partial charge is 0.393 e. The van der Waals surface area contributed by atoms with E-state index in [1.54, 1.807) is 6.20 Å². The summed E-state index contributed by atoms with van der Waals surface area (Å²) in [5.41, 5.74) is 0.890. The molecule has 3 N–H and O–H groups in total. The zero-order chi connectivity index (χ0) is 26.2. The maximum absolute atomic E-state index is 13.3. The van der Waals surface area contributed by atoms with Gasteiger partial charge in [-0.3, -0.25) is 0 Å². The van der Waals surface area contributed by atoms with Gasteiger partial charge in [-0.25, -0.2) is 24.8 Å². The van der Waals surface area contributed by atoms with Crippen LogP contribution in [0.1, 0.15) is 36.9 Å². The first kappa shape index (κ1) is 24.5. The maximum atomic E-state index is 13.3. The van der Waals surface area contributed by atoms with E-state index >= 15 is 0 Å². The highest BCUT2D eigenvalue weighted by Crippen LogP contribution is 2.37. The predicted octanol–water partition coefficient (Wildman–Crippen LogP) is 5.12. The number of rotatable bonds is 5. The fourth-order valence-electron chi connectivity index (χ4n) is 4.29. The molecule has 1 aliphatic heterocycles. The predicted molar refractivity (Wildman–Crippen MR) is 132 cm³/mol. The van der Waals surface area contributed by atoms with E-state index in [9.17, 15) is 18.3 Å². The summed E-state index contributed by atoms with van der Waals surface area (Å²) in [5.74, 6) is 1.06. The molecule has 0 aromatic carbocycles. The van der Waals surface area contributed by atoms with Crippen LogP contribution in [0.15, 0.2) is 43.0 Å². The number of aromatic amines is 1. The number of hydrogen-bond donors (Lipinski definition) is 3. The van der Waals surface area contributed by atoms with E-state index in [1.807, 2.05) is 19.1 Å². The van der Waals surface area contributed by atoms with Crippen molar-refractivity contribution in [1.29, 1.82) is 0 Å². The summed E-state index contributed by atoms with van der Waals surface area (Å²) in [6, 6.07) is 4.63. The number of piperidine rings is 1. The zero-order valence-corrected chi connectivity index (χ0v) is 19.8. The molecular formula is C25H23F3N8O. The van der Waals surface area contributed by atoms with E-state index in [1.165, 1.54) is 12.4 Å². The number of aliphatic hydroxyl groups is 1. The van der Waals surface area contributed by atoms with Gasteiger partial charge in [-0.15, -0.1) is 0 Å². The first-order valence-electron chi connectivity index (χ1n) is 11.7. The zero-order valence-electron chi connectivity index (χ0n) is 19.8. The SMILES string of the molecule is [C-]#[N+]c1cnc(NC(C)c2ccc(N3CCC(O)CC3)nc2)nc1-c1c[nH]c2ncc(C(F)(F)F)cc12. The first-order chi connectivity index (χ1) is 17.7. The normalized spacial score (nSPS) is 15.5. The van der Waals surface area contributed by atoms with Gasteiger partial charge in [-0.1, -0.05) is 6.07 Å². The van der Waals surface area contributed by atoms with E-state index in [0.29, 0.717) is 18.4 Å². The van der Waals surface area contributed by atoms with Crippen molar-refractivity contribution in [3.63, 3.8) is 0 Å². The molecule has 4 aromatic rings. The van der Waals surface area contributed by atoms with E-state index < -0.39 is 11.7 Å². The second kappa shape index (κ2) is 9.67. The number of aromatic nitrogens is 5. The Morgan fingerprint density at radius 1 is 1.16 bits per heavy atom. The van der Waals surface area contributed by atoms with Crippen LogP contribution in [0.3, 0.4) is 0 Å². The van der Waals surface area contributed by atoms with Crippen molar-refractivity contribution in [3.8, 4) is 11.3 Å². The fourth-order valence-corrected chi connectivity index (χ4v) is 4.29. The number of hydrogen-bond acceptors (Lipinski definition) is 7. The van der Waals surface area contributed by atoms with Crippen molar-refractivity contribution in [2.45, 2.75) is 38.1 Å². The van der Waals surface area contributed by atoms with Crippen LogP contribution in [0.5, 0.6) is 0 Å². The molecule has 4 aromatic heterocycles. The number of halogens is 3. The van der Waals surface area contributed by atoms with Crippen LogP contribution in [0, 0.1) is 6.57 Å². The van der Waals surface area contributed by atoms with Crippen molar-refractivity contribution >= 4 is 28.5 Å². The molecule has 0 amide bonds. The Kier molecular flexibility index (Phi) is 6.39. The number of nitrogens with one attached hydrogen (secondary N) is 2. The lowest BCUT2D eigenvalue weighted by molar-refractivity contribution is -0.137. The minimum atomic E-state index is -4.55. The average molecular weight is 509 g/mol. The van der Waals surface area contributed by atoms with Crippen molar-refractivity contribution in [1.82, 2.24) is 24.9 Å².